The SMILES string of the molecule is CC(C)CNC(=O)C(C)Nc1cnccn1. The molecular formula is C11H18N4O. The van der Waals surface area contributed by atoms with Crippen LogP contribution in [0.1, 0.15) is 20.8 Å². The molecule has 0 radical (unpaired) electrons. The van der Waals surface area contributed by atoms with E-state index in [0.717, 1.165) is 0 Å². The molecule has 5 heteroatoms. The maximum Gasteiger partial charge on any atom is 0.242 e. The van der Waals surface area contributed by atoms with Gasteiger partial charge in [-0.3, -0.25) is 9.78 Å². The molecule has 2 N–H and O–H groups in total. The minimum Gasteiger partial charge on any atom is -0.357 e. The van der Waals surface area contributed by atoms with Crippen LogP contribution >= 0.6 is 0 Å². The van der Waals surface area contributed by atoms with Crippen LogP contribution in [0.25, 0.3) is 0 Å². The Morgan fingerprint density at radius 3 is 2.69 bits per heavy atom. The molecule has 16 heavy (non-hydrogen) atoms. The van der Waals surface area contributed by atoms with E-state index in [0.29, 0.717) is 18.3 Å². The van der Waals surface area contributed by atoms with Gasteiger partial charge in [0.05, 0.1) is 6.20 Å². The van der Waals surface area contributed by atoms with Crippen molar-refractivity contribution in [1.29, 1.82) is 0 Å². The fraction of sp³-hybridized carbons (Fsp3) is 0.545. The van der Waals surface area contributed by atoms with E-state index in [1.54, 1.807) is 25.5 Å². The Morgan fingerprint density at radius 1 is 1.38 bits per heavy atom. The monoisotopic (exact) mass is 222 g/mol. The maximum atomic E-state index is 11.6. The second-order valence-corrected chi connectivity index (χ2v) is 4.10. The third-order valence-electron chi connectivity index (χ3n) is 2.01. The van der Waals surface area contributed by atoms with Crippen LogP contribution in [0.15, 0.2) is 18.6 Å². The number of amides is 1. The predicted octanol–water partition coefficient (Wildman–Crippen LogP) is 1.05. The van der Waals surface area contributed by atoms with E-state index >= 15 is 0 Å². The van der Waals surface area contributed by atoms with E-state index in [-0.39, 0.29) is 11.9 Å². The summed E-state index contributed by atoms with van der Waals surface area (Å²) in [5, 5.41) is 5.83. The molecule has 1 heterocycles. The minimum atomic E-state index is -0.310. The molecule has 5 nitrogen and oxygen atoms in total. The first-order valence-corrected chi connectivity index (χ1v) is 5.40. The first kappa shape index (κ1) is 12.4. The molecule has 1 unspecified atom stereocenters. The number of hydrogen-bond acceptors (Lipinski definition) is 4. The lowest BCUT2D eigenvalue weighted by atomic mass is 10.2. The zero-order valence-corrected chi connectivity index (χ0v) is 9.90. The molecule has 1 atom stereocenters. The lowest BCUT2D eigenvalue weighted by molar-refractivity contribution is -0.121. The van der Waals surface area contributed by atoms with Gasteiger partial charge in [-0.2, -0.15) is 0 Å². The van der Waals surface area contributed by atoms with E-state index < -0.39 is 0 Å². The quantitative estimate of drug-likeness (QED) is 0.781. The fourth-order valence-electron chi connectivity index (χ4n) is 1.12. The van der Waals surface area contributed by atoms with E-state index in [1.165, 1.54) is 0 Å². The number of nitrogens with zero attached hydrogens (tertiary/aromatic N) is 2. The van der Waals surface area contributed by atoms with Gasteiger partial charge < -0.3 is 10.6 Å². The highest BCUT2D eigenvalue weighted by Crippen LogP contribution is 2.00. The summed E-state index contributed by atoms with van der Waals surface area (Å²) in [6.45, 7) is 6.59. The number of nitrogens with one attached hydrogen (secondary N) is 2. The number of aromatic nitrogens is 2. The summed E-state index contributed by atoms with van der Waals surface area (Å²) in [5.74, 6) is 1.03. The predicted molar refractivity (Wildman–Crippen MR) is 63.0 cm³/mol. The fourth-order valence-corrected chi connectivity index (χ4v) is 1.12. The molecular weight excluding hydrogens is 204 g/mol. The van der Waals surface area contributed by atoms with E-state index in [2.05, 4.69) is 34.4 Å². The van der Waals surface area contributed by atoms with Gasteiger partial charge in [-0.25, -0.2) is 4.98 Å². The standard InChI is InChI=1S/C11H18N4O/c1-8(2)6-14-11(16)9(3)15-10-7-12-4-5-13-10/h4-5,7-9H,6H2,1-3H3,(H,13,15)(H,14,16). The highest BCUT2D eigenvalue weighted by molar-refractivity contribution is 5.83. The van der Waals surface area contributed by atoms with Crippen molar-refractivity contribution in [3.63, 3.8) is 0 Å². The molecule has 0 fully saturated rings. The average Bonchev–Trinajstić information content (AvgIpc) is 2.27. The summed E-state index contributed by atoms with van der Waals surface area (Å²) >= 11 is 0. The Labute approximate surface area is 95.7 Å². The molecule has 0 saturated carbocycles. The second-order valence-electron chi connectivity index (χ2n) is 4.10. The molecule has 88 valence electrons. The lowest BCUT2D eigenvalue weighted by Gasteiger charge is -2.15. The average molecular weight is 222 g/mol. The summed E-state index contributed by atoms with van der Waals surface area (Å²) in [5.41, 5.74) is 0. The van der Waals surface area contributed by atoms with Crippen LogP contribution in [0.4, 0.5) is 5.82 Å². The molecule has 0 saturated heterocycles. The van der Waals surface area contributed by atoms with E-state index in [9.17, 15) is 4.79 Å². The molecule has 0 spiro atoms. The summed E-state index contributed by atoms with van der Waals surface area (Å²) < 4.78 is 0. The molecule has 1 aromatic rings. The van der Waals surface area contributed by atoms with Crippen LogP contribution in [0.2, 0.25) is 0 Å². The molecule has 1 aromatic heterocycles. The van der Waals surface area contributed by atoms with Crippen molar-refractivity contribution >= 4 is 11.7 Å². The maximum absolute atomic E-state index is 11.6. The van der Waals surface area contributed by atoms with Gasteiger partial charge in [0, 0.05) is 18.9 Å². The van der Waals surface area contributed by atoms with Gasteiger partial charge in [-0.05, 0) is 12.8 Å². The van der Waals surface area contributed by atoms with Crippen LogP contribution in [0.3, 0.4) is 0 Å². The number of rotatable bonds is 5. The van der Waals surface area contributed by atoms with Gasteiger partial charge in [0.1, 0.15) is 11.9 Å². The topological polar surface area (TPSA) is 66.9 Å². The van der Waals surface area contributed by atoms with E-state index in [4.69, 9.17) is 0 Å². The Morgan fingerprint density at radius 2 is 2.12 bits per heavy atom. The molecule has 0 aliphatic rings. The van der Waals surface area contributed by atoms with Gasteiger partial charge in [0.15, 0.2) is 0 Å². The second kappa shape index (κ2) is 6.05. The molecule has 0 aliphatic heterocycles. The summed E-state index contributed by atoms with van der Waals surface area (Å²) in [7, 11) is 0. The smallest absolute Gasteiger partial charge is 0.242 e. The zero-order valence-electron chi connectivity index (χ0n) is 9.90. The highest BCUT2D eigenvalue weighted by atomic mass is 16.2. The van der Waals surface area contributed by atoms with Crippen molar-refractivity contribution in [3.05, 3.63) is 18.6 Å². The number of anilines is 1. The van der Waals surface area contributed by atoms with Gasteiger partial charge in [-0.15, -0.1) is 0 Å². The molecule has 0 aliphatic carbocycles. The normalized spacial score (nSPS) is 12.2. The zero-order chi connectivity index (χ0) is 12.0. The van der Waals surface area contributed by atoms with Crippen molar-refractivity contribution in [2.75, 3.05) is 11.9 Å². The van der Waals surface area contributed by atoms with Crippen molar-refractivity contribution in [3.8, 4) is 0 Å². The third-order valence-corrected chi connectivity index (χ3v) is 2.01. The highest BCUT2D eigenvalue weighted by Gasteiger charge is 2.12. The van der Waals surface area contributed by atoms with Crippen LogP contribution < -0.4 is 10.6 Å². The van der Waals surface area contributed by atoms with Gasteiger partial charge >= 0.3 is 0 Å². The molecule has 0 bridgehead atoms. The summed E-state index contributed by atoms with van der Waals surface area (Å²) in [6, 6.07) is -0.310. The van der Waals surface area contributed by atoms with Crippen molar-refractivity contribution < 1.29 is 4.79 Å². The lowest BCUT2D eigenvalue weighted by Crippen LogP contribution is -2.39. The number of carbonyl (C=O) groups excluding carboxylic acids is 1. The van der Waals surface area contributed by atoms with Gasteiger partial charge in [0.2, 0.25) is 5.91 Å². The minimum absolute atomic E-state index is 0.0284. The molecule has 1 amide bonds. The third kappa shape index (κ3) is 4.25. The van der Waals surface area contributed by atoms with Crippen LogP contribution in [0, 0.1) is 5.92 Å². The first-order valence-electron chi connectivity index (χ1n) is 5.40. The van der Waals surface area contributed by atoms with Crippen LogP contribution in [-0.4, -0.2) is 28.5 Å². The van der Waals surface area contributed by atoms with Crippen molar-refractivity contribution in [2.24, 2.45) is 5.92 Å². The summed E-state index contributed by atoms with van der Waals surface area (Å²) in [4.78, 5) is 19.6. The number of carbonyl (C=O) groups is 1. The Bertz CT molecular complexity index is 326. The molecule has 1 rings (SSSR count). The van der Waals surface area contributed by atoms with Crippen molar-refractivity contribution in [2.45, 2.75) is 26.8 Å². The van der Waals surface area contributed by atoms with Crippen LogP contribution in [0.5, 0.6) is 0 Å². The Hall–Kier alpha value is -1.65. The largest absolute Gasteiger partial charge is 0.357 e. The van der Waals surface area contributed by atoms with Crippen LogP contribution in [-0.2, 0) is 4.79 Å². The van der Waals surface area contributed by atoms with E-state index in [1.807, 2.05) is 0 Å². The molecule has 0 aromatic carbocycles. The first-order chi connectivity index (χ1) is 7.59. The van der Waals surface area contributed by atoms with Gasteiger partial charge in [-0.1, -0.05) is 13.8 Å². The number of hydrogen-bond donors (Lipinski definition) is 2. The Kier molecular flexibility index (Phi) is 4.69. The summed E-state index contributed by atoms with van der Waals surface area (Å²) in [6.07, 6.45) is 4.77. The van der Waals surface area contributed by atoms with Crippen molar-refractivity contribution in [1.82, 2.24) is 15.3 Å². The Balaban J connectivity index is 2.40. The van der Waals surface area contributed by atoms with Gasteiger partial charge in [0.25, 0.3) is 0 Å².